The smallest absolute Gasteiger partial charge is 0.263 e. The van der Waals surface area contributed by atoms with Gasteiger partial charge in [-0.3, -0.25) is 39.4 Å². The molecule has 9 rings (SSSR count). The molecule has 6 heterocycles. The molecule has 3 N–H and O–H groups in total. The molecule has 69 heavy (non-hydrogen) atoms. The van der Waals surface area contributed by atoms with Crippen LogP contribution in [-0.4, -0.2) is 113 Å². The summed E-state index contributed by atoms with van der Waals surface area (Å²) in [7, 11) is -1.10. The highest BCUT2D eigenvalue weighted by Gasteiger charge is 2.45. The summed E-state index contributed by atoms with van der Waals surface area (Å²) in [6.07, 6.45) is 13.6. The van der Waals surface area contributed by atoms with Gasteiger partial charge in [-0.15, -0.1) is 0 Å². The van der Waals surface area contributed by atoms with Crippen molar-refractivity contribution in [2.45, 2.75) is 77.2 Å². The number of hydrogen-bond acceptors (Lipinski definition) is 14. The number of anilines is 5. The third-order valence-electron chi connectivity index (χ3n) is 14.0. The largest absolute Gasteiger partial charge is 0.494 e. The van der Waals surface area contributed by atoms with E-state index in [0.29, 0.717) is 61.4 Å². The maximum Gasteiger partial charge on any atom is 0.263 e. The summed E-state index contributed by atoms with van der Waals surface area (Å²) in [6.45, 7) is 10.8. The molecule has 3 saturated heterocycles. The second kappa shape index (κ2) is 20.0. The molecule has 4 aliphatic heterocycles. The fourth-order valence-corrected chi connectivity index (χ4v) is 11.9. The molecule has 3 aromatic carbocycles. The Kier molecular flexibility index (Phi) is 13.9. The number of aromatic nitrogens is 4. The Hall–Kier alpha value is -6.21. The molecular weight excluding hydrogens is 960 g/mol. The number of halogens is 1. The number of methoxy groups -OCH3 is 1. The molecule has 4 aliphatic rings. The summed E-state index contributed by atoms with van der Waals surface area (Å²) in [5.74, 6) is 5.81. The minimum atomic E-state index is -2.78. The molecule has 4 amide bonds. The number of unbranched alkanes of at least 4 members (excludes halogenated alkanes) is 3. The first-order valence-electron chi connectivity index (χ1n) is 23.6. The quantitative estimate of drug-likeness (QED) is 0.0446. The normalized spacial score (nSPS) is 18.2. The van der Waals surface area contributed by atoms with Crippen LogP contribution in [-0.2, 0) is 14.2 Å². The number of likely N-dealkylation sites (tertiary alicyclic amines) is 1. The predicted molar refractivity (Wildman–Crippen MR) is 271 cm³/mol. The first-order valence-corrected chi connectivity index (χ1v) is 27.0. The van der Waals surface area contributed by atoms with Crippen molar-refractivity contribution in [2.24, 2.45) is 5.41 Å². The average molecular weight is 1020 g/mol. The van der Waals surface area contributed by atoms with Crippen molar-refractivity contribution in [1.29, 1.82) is 0 Å². The van der Waals surface area contributed by atoms with E-state index < -0.39 is 36.8 Å². The number of nitrogens with zero attached hydrogens (tertiary/aromatic N) is 7. The van der Waals surface area contributed by atoms with Crippen molar-refractivity contribution in [3.8, 4) is 17.6 Å². The molecule has 2 aromatic heterocycles. The molecule has 3 fully saturated rings. The zero-order chi connectivity index (χ0) is 48.5. The van der Waals surface area contributed by atoms with Crippen LogP contribution < -0.4 is 30.9 Å². The SMILES string of the molecule is COc1cc(N2CCC3(CCN(CCCCCC#Cc4cccc5c4C(=O)N(C4CCC(=O)NC4=O)C5=O)CC3)CC2)c(C)cc1Nc1ncc(Br)c(Nc2ccc3nccnc3c2P(C)(C)=O)n1. The number of piperidine rings is 3. The second-order valence-corrected chi connectivity index (χ2v) is 22.8. The van der Waals surface area contributed by atoms with Gasteiger partial charge in [-0.05, 0) is 142 Å². The number of imide groups is 2. The van der Waals surface area contributed by atoms with Gasteiger partial charge in [0.1, 0.15) is 30.3 Å². The van der Waals surface area contributed by atoms with E-state index >= 15 is 0 Å². The van der Waals surface area contributed by atoms with Crippen LogP contribution in [0.1, 0.15) is 96.1 Å². The highest BCUT2D eigenvalue weighted by Crippen LogP contribution is 2.45. The molecule has 1 atom stereocenters. The lowest BCUT2D eigenvalue weighted by molar-refractivity contribution is -0.136. The van der Waals surface area contributed by atoms with E-state index in [1.165, 1.54) is 12.8 Å². The van der Waals surface area contributed by atoms with Gasteiger partial charge < -0.3 is 29.7 Å². The molecule has 0 radical (unpaired) electrons. The molecule has 5 aromatic rings. The second-order valence-electron chi connectivity index (χ2n) is 18.8. The Morgan fingerprint density at radius 2 is 1.68 bits per heavy atom. The van der Waals surface area contributed by atoms with E-state index in [-0.39, 0.29) is 24.0 Å². The highest BCUT2D eigenvalue weighted by atomic mass is 79.9. The third kappa shape index (κ3) is 10.1. The van der Waals surface area contributed by atoms with Gasteiger partial charge >= 0.3 is 0 Å². The zero-order valence-electron chi connectivity index (χ0n) is 39.4. The van der Waals surface area contributed by atoms with Crippen LogP contribution in [0.4, 0.5) is 28.8 Å². The number of carbonyl (C=O) groups is 4. The summed E-state index contributed by atoms with van der Waals surface area (Å²) in [4.78, 5) is 75.0. The van der Waals surface area contributed by atoms with Crippen molar-refractivity contribution < 1.29 is 28.5 Å². The predicted octanol–water partition coefficient (Wildman–Crippen LogP) is 7.93. The number of nitrogens with one attached hydrogen (secondary N) is 3. The Morgan fingerprint density at radius 3 is 2.43 bits per heavy atom. The van der Waals surface area contributed by atoms with Crippen LogP contribution in [0.25, 0.3) is 11.0 Å². The van der Waals surface area contributed by atoms with Gasteiger partial charge in [0.05, 0.1) is 44.9 Å². The van der Waals surface area contributed by atoms with Crippen LogP contribution in [0.15, 0.2) is 65.5 Å². The molecule has 16 nitrogen and oxygen atoms in total. The van der Waals surface area contributed by atoms with Crippen LogP contribution in [0, 0.1) is 24.2 Å². The fourth-order valence-electron chi connectivity index (χ4n) is 10.2. The van der Waals surface area contributed by atoms with Gasteiger partial charge in [0.15, 0.2) is 0 Å². The lowest BCUT2D eigenvalue weighted by Gasteiger charge is -2.47. The monoisotopic (exact) mass is 1010 g/mol. The summed E-state index contributed by atoms with van der Waals surface area (Å²) in [5.41, 5.74) is 6.28. The highest BCUT2D eigenvalue weighted by molar-refractivity contribution is 9.10. The van der Waals surface area contributed by atoms with Gasteiger partial charge in [-0.25, -0.2) is 4.98 Å². The van der Waals surface area contributed by atoms with E-state index in [4.69, 9.17) is 9.72 Å². The Bertz CT molecular complexity index is 2970. The molecular formula is C51H56BrN10O6P. The Morgan fingerprint density at radius 1 is 0.913 bits per heavy atom. The first-order chi connectivity index (χ1) is 33.2. The van der Waals surface area contributed by atoms with Gasteiger partial charge in [-0.1, -0.05) is 24.3 Å². The van der Waals surface area contributed by atoms with Crippen molar-refractivity contribution in [3.05, 3.63) is 87.8 Å². The minimum Gasteiger partial charge on any atom is -0.494 e. The lowest BCUT2D eigenvalue weighted by atomic mass is 9.71. The average Bonchev–Trinajstić information content (AvgIpc) is 3.59. The summed E-state index contributed by atoms with van der Waals surface area (Å²) in [6, 6.07) is 11.9. The minimum absolute atomic E-state index is 0.0784. The Balaban J connectivity index is 0.740. The van der Waals surface area contributed by atoms with Gasteiger partial charge in [0.25, 0.3) is 11.8 Å². The lowest BCUT2D eigenvalue weighted by Crippen LogP contribution is -2.54. The number of carbonyl (C=O) groups excluding carboxylic acids is 4. The van der Waals surface area contributed by atoms with Crippen molar-refractivity contribution in [1.82, 2.24) is 35.1 Å². The number of aryl methyl sites for hydroxylation is 1. The number of rotatable bonds is 13. The van der Waals surface area contributed by atoms with E-state index in [1.54, 1.807) is 57.2 Å². The number of ether oxygens (including phenoxy) is 1. The molecule has 0 saturated carbocycles. The summed E-state index contributed by atoms with van der Waals surface area (Å²) >= 11 is 3.59. The van der Waals surface area contributed by atoms with E-state index in [0.717, 1.165) is 86.7 Å². The molecule has 1 unspecified atom stereocenters. The van der Waals surface area contributed by atoms with Crippen LogP contribution in [0.5, 0.6) is 5.75 Å². The first kappa shape index (κ1) is 47.8. The maximum atomic E-state index is 13.5. The van der Waals surface area contributed by atoms with Crippen molar-refractivity contribution in [3.63, 3.8) is 0 Å². The number of hydrogen-bond donors (Lipinski definition) is 3. The van der Waals surface area contributed by atoms with Crippen LogP contribution in [0.3, 0.4) is 0 Å². The number of amides is 4. The standard InChI is InChI=1S/C51H56BrN10O6P/c1-32-29-38(57-50-55-31-35(52)46(59-50)56-37-15-14-36-44(54-23-22-53-36)45(37)69(3,4)67)41(68-2)30-40(32)61-27-20-51(21-28-61)18-25-60(26-19-51)24-9-7-5-6-8-11-33-12-10-13-34-43(33)49(66)62(48(34)65)39-16-17-42(63)58-47(39)64/h10,12-15,22-23,29-31,39H,5-7,9,16-21,24-28H2,1-4H3,(H,58,63,64)(H2,55,56,57,59). The van der Waals surface area contributed by atoms with Gasteiger partial charge in [0, 0.05) is 61.8 Å². The number of fused-ring (bicyclic) bond motifs is 2. The summed E-state index contributed by atoms with van der Waals surface area (Å²) < 4.78 is 20.1. The third-order valence-corrected chi connectivity index (χ3v) is 16.1. The van der Waals surface area contributed by atoms with E-state index in [9.17, 15) is 23.7 Å². The molecule has 0 bridgehead atoms. The Labute approximate surface area is 410 Å². The van der Waals surface area contributed by atoms with Gasteiger partial charge in [0.2, 0.25) is 17.8 Å². The van der Waals surface area contributed by atoms with Crippen molar-refractivity contribution >= 4 is 91.9 Å². The fraction of sp³-hybridized carbons (Fsp3) is 0.412. The van der Waals surface area contributed by atoms with Gasteiger partial charge in [-0.2, -0.15) is 4.98 Å². The van der Waals surface area contributed by atoms with E-state index in [2.05, 4.69) is 87.5 Å². The zero-order valence-corrected chi connectivity index (χ0v) is 41.8. The van der Waals surface area contributed by atoms with E-state index in [1.807, 2.05) is 12.1 Å². The number of benzene rings is 3. The van der Waals surface area contributed by atoms with Crippen molar-refractivity contribution in [2.75, 3.05) is 68.7 Å². The summed E-state index contributed by atoms with van der Waals surface area (Å²) in [5, 5.41) is 9.60. The molecule has 18 heteroatoms. The van der Waals surface area contributed by atoms with Crippen LogP contribution in [0.2, 0.25) is 0 Å². The molecule has 358 valence electrons. The molecule has 1 spiro atoms. The maximum absolute atomic E-state index is 13.5. The molecule has 0 aliphatic carbocycles. The topological polar surface area (TPSA) is 192 Å². The van der Waals surface area contributed by atoms with Crippen LogP contribution >= 0.6 is 23.1 Å².